The van der Waals surface area contributed by atoms with Gasteiger partial charge in [-0.25, -0.2) is 43.3 Å². The predicted molar refractivity (Wildman–Crippen MR) is 260 cm³/mol. The second-order valence-electron chi connectivity index (χ2n) is 17.1. The van der Waals surface area contributed by atoms with Crippen molar-refractivity contribution >= 4 is 83.9 Å². The van der Waals surface area contributed by atoms with Crippen LogP contribution in [0.2, 0.25) is 0 Å². The van der Waals surface area contributed by atoms with E-state index in [1.54, 1.807) is 51.3 Å². The number of carbonyl (C=O) groups is 3. The van der Waals surface area contributed by atoms with Crippen LogP contribution in [0, 0.1) is 0 Å². The standard InChI is InChI=1S/C39H53N13O18P2S2/c1-39(2,3)69-38(57)47-23(10-9-21(74-73-4)14-43-37(56)63-15-20-7-5-6-8-22(20)49-50-42)35(54)68-31-26(67-34(30(31)53)52-19-46-29-32(41)44-18-45-33(29)52)17-65-72(61,62)70-24-13-28(51-12-11-27(40)48-36(51)55)66-25(24)16-64-71(58,59)60/h5-8,11-12,18-19,21,23-26,28,30-31,34,53H,9-10,13-17H2,1-4H3,(H,43,56)(H,47,57)(H,61,62)(H2,40,48,55)(H2,41,44,45)(H2,58,59,60)/t21-,23-,24-,25+,26-,28+,30-,31+,34-/m0/s1. The van der Waals surface area contributed by atoms with Crippen molar-refractivity contribution in [1.29, 1.82) is 0 Å². The van der Waals surface area contributed by atoms with Crippen LogP contribution in [-0.2, 0) is 57.8 Å². The van der Waals surface area contributed by atoms with Gasteiger partial charge in [0.15, 0.2) is 23.8 Å². The number of aromatic nitrogens is 6. The van der Waals surface area contributed by atoms with E-state index in [9.17, 15) is 48.1 Å². The Morgan fingerprint density at radius 1 is 1.03 bits per heavy atom. The zero-order chi connectivity index (χ0) is 54.0. The first-order chi connectivity index (χ1) is 34.9. The van der Waals surface area contributed by atoms with E-state index in [1.165, 1.54) is 44.7 Å². The maximum absolute atomic E-state index is 14.3. The van der Waals surface area contributed by atoms with E-state index in [4.69, 9.17) is 49.7 Å². The number of azide groups is 1. The number of aliphatic hydroxyl groups excluding tert-OH is 1. The Kier molecular flexibility index (Phi) is 19.7. The summed E-state index contributed by atoms with van der Waals surface area (Å²) in [7, 11) is -7.74. The van der Waals surface area contributed by atoms with Gasteiger partial charge in [-0.1, -0.05) is 51.0 Å². The van der Waals surface area contributed by atoms with E-state index in [2.05, 4.69) is 45.1 Å². The number of esters is 1. The topological polar surface area (TPSA) is 443 Å². The first-order valence-corrected chi connectivity index (χ1v) is 27.6. The first-order valence-electron chi connectivity index (χ1n) is 22.0. The zero-order valence-corrected chi connectivity index (χ0v) is 43.1. The number of fused-ring (bicyclic) bond motifs is 1. The Morgan fingerprint density at radius 2 is 1.77 bits per heavy atom. The molecule has 0 aliphatic carbocycles. The van der Waals surface area contributed by atoms with Crippen molar-refractivity contribution in [3.05, 3.63) is 75.7 Å². The maximum Gasteiger partial charge on any atom is 0.472 e. The average molecular weight is 1120 g/mol. The molecule has 2 aliphatic rings. The van der Waals surface area contributed by atoms with Gasteiger partial charge in [-0.15, -0.1) is 0 Å². The number of phosphoric acid groups is 2. The van der Waals surface area contributed by atoms with Gasteiger partial charge < -0.3 is 65.6 Å². The monoisotopic (exact) mass is 1120 g/mol. The smallest absolute Gasteiger partial charge is 0.455 e. The van der Waals surface area contributed by atoms with Crippen LogP contribution in [0.15, 0.2) is 59.1 Å². The van der Waals surface area contributed by atoms with Gasteiger partial charge in [-0.05, 0) is 57.0 Å². The van der Waals surface area contributed by atoms with Crippen LogP contribution in [0.3, 0.4) is 0 Å². The molecule has 2 amide bonds. The molecule has 0 saturated carbocycles. The van der Waals surface area contributed by atoms with Gasteiger partial charge in [-0.2, -0.15) is 4.98 Å². The third-order valence-electron chi connectivity index (χ3n) is 10.6. The van der Waals surface area contributed by atoms with E-state index >= 15 is 0 Å². The highest BCUT2D eigenvalue weighted by molar-refractivity contribution is 8.76. The number of benzene rings is 1. The second kappa shape index (κ2) is 25.3. The van der Waals surface area contributed by atoms with Crippen LogP contribution in [0.4, 0.5) is 26.9 Å². The molecule has 2 fully saturated rings. The molecular formula is C39H53N13O18P2S2. The zero-order valence-electron chi connectivity index (χ0n) is 39.7. The van der Waals surface area contributed by atoms with Gasteiger partial charge in [-0.3, -0.25) is 22.7 Å². The van der Waals surface area contributed by atoms with Crippen molar-refractivity contribution in [3.8, 4) is 0 Å². The summed E-state index contributed by atoms with van der Waals surface area (Å²) in [6.45, 7) is 2.75. The fraction of sp³-hybridized carbons (Fsp3) is 0.538. The summed E-state index contributed by atoms with van der Waals surface area (Å²) in [6.07, 6.45) is -7.85. The lowest BCUT2D eigenvalue weighted by atomic mass is 10.1. The van der Waals surface area contributed by atoms with Crippen LogP contribution < -0.4 is 27.8 Å². The quantitative estimate of drug-likeness (QED) is 0.0100. The number of phosphoric ester groups is 2. The molecule has 31 nitrogen and oxygen atoms in total. The van der Waals surface area contributed by atoms with Crippen molar-refractivity contribution < 1.29 is 80.6 Å². The second-order valence-corrected chi connectivity index (χ2v) is 22.5. The molecule has 2 aliphatic heterocycles. The van der Waals surface area contributed by atoms with Crippen molar-refractivity contribution in [2.45, 2.75) is 107 Å². The Hall–Kier alpha value is -5.63. The van der Waals surface area contributed by atoms with Crippen LogP contribution in [-0.4, -0.2) is 140 Å². The van der Waals surface area contributed by atoms with Crippen LogP contribution in [0.25, 0.3) is 21.6 Å². The lowest BCUT2D eigenvalue weighted by Crippen LogP contribution is -2.48. The molecule has 10 atom stereocenters. The van der Waals surface area contributed by atoms with E-state index in [1.807, 2.05) is 0 Å². The Balaban J connectivity index is 1.20. The SMILES string of the molecule is CSS[C@@H](CC[C@H](NC(=O)OC(C)(C)C)C(=O)O[C@H]1[C@H](O)[C@@H](n2cnc3c(N)ncnc32)O[C@H]1COP(=O)(O)O[C@H]1C[C@H](n2ccc(N)nc2=O)O[C@@H]1COP(=O)(O)O)CNC(=O)OCc1ccccc1N=[N+]=[N-]. The van der Waals surface area contributed by atoms with Crippen molar-refractivity contribution in [2.75, 3.05) is 37.5 Å². The van der Waals surface area contributed by atoms with Crippen molar-refractivity contribution in [2.24, 2.45) is 5.11 Å². The summed E-state index contributed by atoms with van der Waals surface area (Å²) in [5.41, 5.74) is 19.5. The molecule has 0 spiro atoms. The molecule has 5 heterocycles. The van der Waals surface area contributed by atoms with Gasteiger partial charge in [0.05, 0.1) is 19.5 Å². The number of alkyl carbamates (subject to hydrolysis) is 2. The van der Waals surface area contributed by atoms with Gasteiger partial charge in [0.25, 0.3) is 0 Å². The number of rotatable bonds is 23. The Bertz CT molecular complexity index is 2830. The summed E-state index contributed by atoms with van der Waals surface area (Å²) in [5.74, 6) is -1.29. The van der Waals surface area contributed by atoms with E-state index in [0.29, 0.717) is 5.56 Å². The number of hydrogen-bond donors (Lipinski definition) is 8. The molecule has 3 aromatic heterocycles. The predicted octanol–water partition coefficient (Wildman–Crippen LogP) is 3.24. The fourth-order valence-corrected chi connectivity index (χ4v) is 10.6. The number of nitrogens with two attached hydrogens (primary N) is 2. The lowest BCUT2D eigenvalue weighted by molar-refractivity contribution is -0.159. The number of amides is 2. The molecule has 1 aromatic carbocycles. The minimum absolute atomic E-state index is 0.0191. The summed E-state index contributed by atoms with van der Waals surface area (Å²) >= 11 is 0. The lowest BCUT2D eigenvalue weighted by Gasteiger charge is -2.27. The van der Waals surface area contributed by atoms with E-state index in [-0.39, 0.29) is 60.9 Å². The molecule has 404 valence electrons. The molecule has 35 heteroatoms. The third kappa shape index (κ3) is 16.2. The number of anilines is 2. The number of aliphatic hydroxyl groups is 1. The summed E-state index contributed by atoms with van der Waals surface area (Å²) in [6, 6.07) is 6.29. The Labute approximate surface area is 427 Å². The molecule has 4 aromatic rings. The molecule has 2 saturated heterocycles. The normalized spacial score (nSPS) is 22.5. The molecule has 74 heavy (non-hydrogen) atoms. The molecule has 6 rings (SSSR count). The summed E-state index contributed by atoms with van der Waals surface area (Å²) in [5, 5.41) is 20.2. The van der Waals surface area contributed by atoms with Gasteiger partial charge >= 0.3 is 39.5 Å². The Morgan fingerprint density at radius 3 is 2.47 bits per heavy atom. The number of nitrogen functional groups attached to an aromatic ring is 2. The minimum Gasteiger partial charge on any atom is -0.455 e. The van der Waals surface area contributed by atoms with Crippen LogP contribution in [0.1, 0.15) is 58.1 Å². The van der Waals surface area contributed by atoms with Gasteiger partial charge in [0, 0.05) is 35.0 Å². The highest BCUT2D eigenvalue weighted by Gasteiger charge is 2.50. The number of hydrogen-bond acceptors (Lipinski definition) is 24. The third-order valence-corrected chi connectivity index (χ3v) is 14.4. The van der Waals surface area contributed by atoms with Crippen molar-refractivity contribution in [1.82, 2.24) is 39.7 Å². The number of carbonyl (C=O) groups excluding carboxylic acids is 3. The minimum atomic E-state index is -5.31. The number of nitrogens with one attached hydrogen (secondary N) is 2. The fourth-order valence-electron chi connectivity index (χ4n) is 7.36. The molecule has 10 N–H and O–H groups in total. The molecule has 0 radical (unpaired) electrons. The average Bonchev–Trinajstić information content (AvgIpc) is 4.02. The van der Waals surface area contributed by atoms with E-state index in [0.717, 1.165) is 10.9 Å². The van der Waals surface area contributed by atoms with Gasteiger partial charge in [0.2, 0.25) is 0 Å². The van der Waals surface area contributed by atoms with Gasteiger partial charge in [0.1, 0.15) is 66.6 Å². The highest BCUT2D eigenvalue weighted by Crippen LogP contribution is 2.50. The summed E-state index contributed by atoms with van der Waals surface area (Å²) in [4.78, 5) is 101. The highest BCUT2D eigenvalue weighted by atomic mass is 33.1. The number of imidazole rings is 1. The first kappa shape index (κ1) is 57.6. The number of ether oxygens (including phenoxy) is 5. The van der Waals surface area contributed by atoms with Crippen molar-refractivity contribution in [3.63, 3.8) is 0 Å². The molecule has 1 unspecified atom stereocenters. The number of nitrogens with zero attached hydrogens (tertiary/aromatic N) is 9. The molecule has 0 bridgehead atoms. The molecular weight excluding hydrogens is 1060 g/mol. The maximum atomic E-state index is 14.3. The van der Waals surface area contributed by atoms with E-state index < -0.39 is 113 Å². The van der Waals surface area contributed by atoms with Crippen LogP contribution >= 0.6 is 37.2 Å². The largest absolute Gasteiger partial charge is 0.472 e. The summed E-state index contributed by atoms with van der Waals surface area (Å²) < 4.78 is 71.4. The van der Waals surface area contributed by atoms with Crippen LogP contribution in [0.5, 0.6) is 0 Å².